The summed E-state index contributed by atoms with van der Waals surface area (Å²) in [5.74, 6) is 0.948. The summed E-state index contributed by atoms with van der Waals surface area (Å²) >= 11 is 3.53. The predicted molar refractivity (Wildman–Crippen MR) is 115 cm³/mol. The van der Waals surface area contributed by atoms with Crippen LogP contribution in [0, 0.1) is 6.92 Å². The second kappa shape index (κ2) is 10.7. The topological polar surface area (TPSA) is 92.3 Å². The van der Waals surface area contributed by atoms with Gasteiger partial charge in [0.1, 0.15) is 11.6 Å². The lowest BCUT2D eigenvalue weighted by Gasteiger charge is -2.22. The molecule has 0 aliphatic carbocycles. The smallest absolute Gasteiger partial charge is 0.214 e. The number of carbonyl (C=O) groups is 1. The molecule has 1 heterocycles. The van der Waals surface area contributed by atoms with E-state index in [1.807, 2.05) is 31.2 Å². The van der Waals surface area contributed by atoms with Crippen LogP contribution in [0.25, 0.3) is 0 Å². The zero-order chi connectivity index (χ0) is 19.8. The normalized spacial score (nSPS) is 11.9. The molecule has 0 unspecified atom stereocenters. The Balaban J connectivity index is 2.21. The highest BCUT2D eigenvalue weighted by Crippen LogP contribution is 2.42. The molecular weight excluding hydrogens is 448 g/mol. The Morgan fingerprint density at radius 1 is 1.41 bits per heavy atom. The number of amides is 1. The van der Waals surface area contributed by atoms with Crippen molar-refractivity contribution in [2.75, 3.05) is 12.3 Å². The van der Waals surface area contributed by atoms with Gasteiger partial charge in [-0.05, 0) is 41.9 Å². The first-order valence-electron chi connectivity index (χ1n) is 8.15. The molecule has 0 spiro atoms. The fourth-order valence-electron chi connectivity index (χ4n) is 2.20. The SMILES string of the molecule is C/C(=C(\CCO)SSc1ccccc1Br)N(C=O)Cc1cnc(C)nc1N. The molecule has 0 saturated carbocycles. The third kappa shape index (κ3) is 6.24. The molecule has 0 aliphatic rings. The monoisotopic (exact) mass is 468 g/mol. The van der Waals surface area contributed by atoms with Crippen molar-refractivity contribution in [1.82, 2.24) is 14.9 Å². The van der Waals surface area contributed by atoms with Gasteiger partial charge >= 0.3 is 0 Å². The number of hydrogen-bond donors (Lipinski definition) is 2. The average molecular weight is 469 g/mol. The van der Waals surface area contributed by atoms with Gasteiger partial charge in [0.15, 0.2) is 0 Å². The number of aliphatic hydroxyl groups excluding tert-OH is 1. The summed E-state index contributed by atoms with van der Waals surface area (Å²) < 4.78 is 1.00. The second-order valence-electron chi connectivity index (χ2n) is 5.64. The lowest BCUT2D eigenvalue weighted by atomic mass is 10.2. The molecule has 0 bridgehead atoms. The van der Waals surface area contributed by atoms with Crippen LogP contribution in [0.2, 0.25) is 0 Å². The number of halogens is 1. The number of anilines is 1. The van der Waals surface area contributed by atoms with Crippen molar-refractivity contribution >= 4 is 49.7 Å². The van der Waals surface area contributed by atoms with Crippen LogP contribution in [-0.2, 0) is 11.3 Å². The van der Waals surface area contributed by atoms with E-state index in [-0.39, 0.29) is 13.2 Å². The van der Waals surface area contributed by atoms with Crippen LogP contribution in [0.5, 0.6) is 0 Å². The largest absolute Gasteiger partial charge is 0.396 e. The van der Waals surface area contributed by atoms with Crippen LogP contribution >= 0.6 is 37.5 Å². The number of nitrogens with zero attached hydrogens (tertiary/aromatic N) is 3. The van der Waals surface area contributed by atoms with Gasteiger partial charge in [-0.2, -0.15) is 0 Å². The van der Waals surface area contributed by atoms with Crippen molar-refractivity contribution in [1.29, 1.82) is 0 Å². The Labute approximate surface area is 175 Å². The van der Waals surface area contributed by atoms with Gasteiger partial charge in [0, 0.05) is 44.8 Å². The molecule has 0 atom stereocenters. The first kappa shape index (κ1) is 21.7. The van der Waals surface area contributed by atoms with E-state index in [4.69, 9.17) is 5.73 Å². The summed E-state index contributed by atoms with van der Waals surface area (Å²) in [6.07, 6.45) is 2.85. The van der Waals surface area contributed by atoms with Gasteiger partial charge in [0.05, 0.1) is 6.54 Å². The quantitative estimate of drug-likeness (QED) is 0.421. The van der Waals surface area contributed by atoms with E-state index in [1.165, 1.54) is 10.8 Å². The van der Waals surface area contributed by atoms with Crippen LogP contribution in [0.15, 0.2) is 50.4 Å². The van der Waals surface area contributed by atoms with E-state index in [9.17, 15) is 9.90 Å². The Morgan fingerprint density at radius 2 is 2.15 bits per heavy atom. The maximum atomic E-state index is 11.7. The van der Waals surface area contributed by atoms with Crippen molar-refractivity contribution in [3.63, 3.8) is 0 Å². The molecule has 9 heteroatoms. The zero-order valence-corrected chi connectivity index (χ0v) is 18.3. The number of carbonyl (C=O) groups excluding carboxylic acids is 1. The third-order valence-electron chi connectivity index (χ3n) is 3.73. The number of nitrogens with two attached hydrogens (primary N) is 1. The number of benzene rings is 1. The van der Waals surface area contributed by atoms with Gasteiger partial charge in [-0.3, -0.25) is 4.79 Å². The van der Waals surface area contributed by atoms with E-state index in [1.54, 1.807) is 28.8 Å². The summed E-state index contributed by atoms with van der Waals surface area (Å²) in [5.41, 5.74) is 7.39. The van der Waals surface area contributed by atoms with E-state index in [0.717, 1.165) is 26.4 Å². The average Bonchev–Trinajstić information content (AvgIpc) is 2.65. The number of nitrogen functional groups attached to an aromatic ring is 1. The Hall–Kier alpha value is -1.55. The molecule has 27 heavy (non-hydrogen) atoms. The second-order valence-corrected chi connectivity index (χ2v) is 8.76. The number of aromatic nitrogens is 2. The highest BCUT2D eigenvalue weighted by Gasteiger charge is 2.15. The van der Waals surface area contributed by atoms with Gasteiger partial charge in [-0.25, -0.2) is 9.97 Å². The number of allylic oxidation sites excluding steroid dienone is 1. The summed E-state index contributed by atoms with van der Waals surface area (Å²) in [4.78, 5) is 23.5. The Morgan fingerprint density at radius 3 is 2.78 bits per heavy atom. The highest BCUT2D eigenvalue weighted by atomic mass is 79.9. The molecule has 1 amide bonds. The molecule has 1 aromatic carbocycles. The summed E-state index contributed by atoms with van der Waals surface area (Å²) in [6, 6.07) is 7.91. The molecule has 6 nitrogen and oxygen atoms in total. The van der Waals surface area contributed by atoms with Crippen LogP contribution in [0.3, 0.4) is 0 Å². The van der Waals surface area contributed by atoms with Crippen LogP contribution in [-0.4, -0.2) is 33.0 Å². The highest BCUT2D eigenvalue weighted by molar-refractivity contribution is 9.10. The molecule has 3 N–H and O–H groups in total. The molecular formula is C18H21BrN4O2S2. The van der Waals surface area contributed by atoms with Crippen molar-refractivity contribution in [3.05, 3.63) is 56.9 Å². The number of aryl methyl sites for hydroxylation is 1. The van der Waals surface area contributed by atoms with E-state index in [2.05, 4.69) is 25.9 Å². The lowest BCUT2D eigenvalue weighted by Crippen LogP contribution is -2.21. The fraction of sp³-hybridized carbons (Fsp3) is 0.278. The van der Waals surface area contributed by atoms with Gasteiger partial charge in [-0.15, -0.1) is 0 Å². The first-order valence-corrected chi connectivity index (χ1v) is 11.1. The molecule has 1 aromatic heterocycles. The molecule has 2 rings (SSSR count). The number of rotatable bonds is 9. The summed E-state index contributed by atoms with van der Waals surface area (Å²) in [7, 11) is 3.10. The van der Waals surface area contributed by atoms with Crippen molar-refractivity contribution in [2.45, 2.75) is 31.7 Å². The number of aliphatic hydroxyl groups is 1. The molecule has 0 radical (unpaired) electrons. The van der Waals surface area contributed by atoms with E-state index >= 15 is 0 Å². The predicted octanol–water partition coefficient (Wildman–Crippen LogP) is 4.14. The van der Waals surface area contributed by atoms with Crippen LogP contribution < -0.4 is 5.73 Å². The van der Waals surface area contributed by atoms with E-state index in [0.29, 0.717) is 23.6 Å². The van der Waals surface area contributed by atoms with Gasteiger partial charge in [0.2, 0.25) is 6.41 Å². The minimum atomic E-state index is -0.00132. The Kier molecular flexibility index (Phi) is 8.62. The van der Waals surface area contributed by atoms with Crippen molar-refractivity contribution in [3.8, 4) is 0 Å². The maximum absolute atomic E-state index is 11.7. The molecule has 0 aliphatic heterocycles. The first-order chi connectivity index (χ1) is 13.0. The van der Waals surface area contributed by atoms with Crippen molar-refractivity contribution < 1.29 is 9.90 Å². The van der Waals surface area contributed by atoms with Gasteiger partial charge in [0.25, 0.3) is 0 Å². The minimum absolute atomic E-state index is 0.00132. The molecule has 144 valence electrons. The van der Waals surface area contributed by atoms with E-state index < -0.39 is 0 Å². The molecule has 0 saturated heterocycles. The fourth-order valence-corrected chi connectivity index (χ4v) is 5.56. The standard InChI is InChI=1S/C18H21BrN4O2S2/c1-12(23(11-25)10-14-9-21-13(2)22-18(14)20)16(7-8-24)26-27-17-6-4-3-5-15(17)19/h3-6,9,11,24H,7-8,10H2,1-2H3,(H2,20,21,22)/b16-12-. The minimum Gasteiger partial charge on any atom is -0.396 e. The number of hydrogen-bond acceptors (Lipinski definition) is 7. The summed E-state index contributed by atoms with van der Waals surface area (Å²) in [5, 5.41) is 9.44. The van der Waals surface area contributed by atoms with Crippen LogP contribution in [0.4, 0.5) is 5.82 Å². The van der Waals surface area contributed by atoms with Gasteiger partial charge in [-0.1, -0.05) is 33.7 Å². The molecule has 0 fully saturated rings. The van der Waals surface area contributed by atoms with Crippen molar-refractivity contribution in [2.24, 2.45) is 0 Å². The Bertz CT molecular complexity index is 833. The maximum Gasteiger partial charge on any atom is 0.214 e. The zero-order valence-electron chi connectivity index (χ0n) is 15.1. The lowest BCUT2D eigenvalue weighted by molar-refractivity contribution is -0.116. The third-order valence-corrected chi connectivity index (χ3v) is 7.39. The summed E-state index contributed by atoms with van der Waals surface area (Å²) in [6.45, 7) is 3.89. The van der Waals surface area contributed by atoms with Crippen LogP contribution in [0.1, 0.15) is 24.7 Å². The van der Waals surface area contributed by atoms with Gasteiger partial charge < -0.3 is 15.7 Å². The molecule has 2 aromatic rings.